The average molecular weight is 275 g/mol. The van der Waals surface area contributed by atoms with E-state index in [1.165, 1.54) is 6.07 Å². The lowest BCUT2D eigenvalue weighted by molar-refractivity contribution is 0.617. The predicted octanol–water partition coefficient (Wildman–Crippen LogP) is 4.20. The van der Waals surface area contributed by atoms with Crippen molar-refractivity contribution in [1.29, 1.82) is 5.26 Å². The topological polar surface area (TPSA) is 27.0 Å². The molecule has 2 aromatic rings. The third-order valence-electron chi connectivity index (χ3n) is 2.97. The molecule has 2 rings (SSSR count). The normalized spacial score (nSPS) is 10.0. The quantitative estimate of drug-likeness (QED) is 0.784. The summed E-state index contributed by atoms with van der Waals surface area (Å²) in [6.45, 7) is 0. The Bertz CT molecular complexity index is 617. The van der Waals surface area contributed by atoms with Gasteiger partial charge >= 0.3 is 0 Å². The Morgan fingerprint density at radius 1 is 1.21 bits per heavy atom. The first-order valence-corrected chi connectivity index (χ1v) is 6.28. The second kappa shape index (κ2) is 5.73. The van der Waals surface area contributed by atoms with Crippen LogP contribution in [0.3, 0.4) is 0 Å². The van der Waals surface area contributed by atoms with Crippen LogP contribution in [0.4, 0.5) is 15.8 Å². The van der Waals surface area contributed by atoms with E-state index in [4.69, 9.17) is 16.9 Å². The van der Waals surface area contributed by atoms with Gasteiger partial charge in [0.05, 0.1) is 17.5 Å². The van der Waals surface area contributed by atoms with Gasteiger partial charge in [0.15, 0.2) is 0 Å². The van der Waals surface area contributed by atoms with E-state index in [1.54, 1.807) is 18.2 Å². The Balaban J connectivity index is 2.41. The molecule has 2 aromatic carbocycles. The number of anilines is 2. The van der Waals surface area contributed by atoms with Gasteiger partial charge in [-0.15, -0.1) is 11.6 Å². The highest BCUT2D eigenvalue weighted by molar-refractivity contribution is 6.17. The summed E-state index contributed by atoms with van der Waals surface area (Å²) in [4.78, 5) is 1.85. The van der Waals surface area contributed by atoms with Gasteiger partial charge in [0, 0.05) is 24.0 Å². The van der Waals surface area contributed by atoms with Crippen LogP contribution in [0.1, 0.15) is 11.1 Å². The van der Waals surface area contributed by atoms with Crippen LogP contribution in [0, 0.1) is 17.1 Å². The molecule has 4 heteroatoms. The highest BCUT2D eigenvalue weighted by Crippen LogP contribution is 2.29. The van der Waals surface area contributed by atoms with Crippen LogP contribution in [0.5, 0.6) is 0 Å². The van der Waals surface area contributed by atoms with Crippen LogP contribution >= 0.6 is 11.6 Å². The molecule has 19 heavy (non-hydrogen) atoms. The zero-order chi connectivity index (χ0) is 13.8. The number of halogens is 2. The van der Waals surface area contributed by atoms with Gasteiger partial charge in [0.25, 0.3) is 0 Å². The van der Waals surface area contributed by atoms with Crippen molar-refractivity contribution in [2.45, 2.75) is 5.88 Å². The summed E-state index contributed by atoms with van der Waals surface area (Å²) >= 11 is 5.81. The molecular weight excluding hydrogens is 263 g/mol. The van der Waals surface area contributed by atoms with E-state index in [0.717, 1.165) is 11.4 Å². The SMILES string of the molecule is CN(c1ccc(C#N)cc1)c1cccc(F)c1CCl. The number of nitrogens with zero attached hydrogens (tertiary/aromatic N) is 2. The predicted molar refractivity (Wildman–Crippen MR) is 75.2 cm³/mol. The van der Waals surface area contributed by atoms with E-state index in [2.05, 4.69) is 6.07 Å². The van der Waals surface area contributed by atoms with Crippen LogP contribution < -0.4 is 4.90 Å². The summed E-state index contributed by atoms with van der Waals surface area (Å²) in [6, 6.07) is 14.0. The zero-order valence-electron chi connectivity index (χ0n) is 10.4. The molecule has 0 bridgehead atoms. The van der Waals surface area contributed by atoms with E-state index in [1.807, 2.05) is 30.1 Å². The van der Waals surface area contributed by atoms with Gasteiger partial charge in [-0.3, -0.25) is 0 Å². The smallest absolute Gasteiger partial charge is 0.129 e. The molecule has 0 aliphatic carbocycles. The highest BCUT2D eigenvalue weighted by atomic mass is 35.5. The van der Waals surface area contributed by atoms with Gasteiger partial charge in [0.1, 0.15) is 5.82 Å². The lowest BCUT2D eigenvalue weighted by Gasteiger charge is -2.22. The molecule has 96 valence electrons. The fourth-order valence-electron chi connectivity index (χ4n) is 1.89. The Hall–Kier alpha value is -2.05. The number of rotatable bonds is 3. The number of hydrogen-bond acceptors (Lipinski definition) is 2. The molecule has 0 aliphatic rings. The summed E-state index contributed by atoms with van der Waals surface area (Å²) in [7, 11) is 1.84. The average Bonchev–Trinajstić information content (AvgIpc) is 2.46. The van der Waals surface area contributed by atoms with Crippen molar-refractivity contribution in [2.75, 3.05) is 11.9 Å². The van der Waals surface area contributed by atoms with Gasteiger partial charge in [0.2, 0.25) is 0 Å². The van der Waals surface area contributed by atoms with Crippen molar-refractivity contribution in [3.8, 4) is 6.07 Å². The van der Waals surface area contributed by atoms with Crippen molar-refractivity contribution in [3.05, 3.63) is 59.4 Å². The molecule has 0 saturated heterocycles. The van der Waals surface area contributed by atoms with Crippen molar-refractivity contribution in [1.82, 2.24) is 0 Å². The monoisotopic (exact) mass is 274 g/mol. The molecular formula is C15H12ClFN2. The van der Waals surface area contributed by atoms with E-state index in [9.17, 15) is 4.39 Å². The van der Waals surface area contributed by atoms with E-state index >= 15 is 0 Å². The number of alkyl halides is 1. The van der Waals surface area contributed by atoms with Crippen LogP contribution in [0.2, 0.25) is 0 Å². The fraction of sp³-hybridized carbons (Fsp3) is 0.133. The van der Waals surface area contributed by atoms with Gasteiger partial charge in [-0.2, -0.15) is 5.26 Å². The maximum atomic E-state index is 13.7. The molecule has 0 atom stereocenters. The maximum absolute atomic E-state index is 13.7. The Labute approximate surface area is 116 Å². The summed E-state index contributed by atoms with van der Waals surface area (Å²) in [5.41, 5.74) is 2.65. The lowest BCUT2D eigenvalue weighted by Crippen LogP contribution is -2.12. The second-order valence-corrected chi connectivity index (χ2v) is 4.36. The van der Waals surface area contributed by atoms with Crippen LogP contribution in [-0.4, -0.2) is 7.05 Å². The second-order valence-electron chi connectivity index (χ2n) is 4.09. The molecule has 0 radical (unpaired) electrons. The molecule has 0 amide bonds. The van der Waals surface area contributed by atoms with E-state index in [0.29, 0.717) is 11.1 Å². The first kappa shape index (κ1) is 13.4. The zero-order valence-corrected chi connectivity index (χ0v) is 11.2. The minimum atomic E-state index is -0.312. The number of nitriles is 1. The Morgan fingerprint density at radius 3 is 2.47 bits per heavy atom. The van der Waals surface area contributed by atoms with Gasteiger partial charge < -0.3 is 4.90 Å². The molecule has 0 spiro atoms. The van der Waals surface area contributed by atoms with Crippen molar-refractivity contribution < 1.29 is 4.39 Å². The number of hydrogen-bond donors (Lipinski definition) is 0. The van der Waals surface area contributed by atoms with Gasteiger partial charge in [-0.1, -0.05) is 6.07 Å². The summed E-state index contributed by atoms with van der Waals surface area (Å²) in [5, 5.41) is 8.77. The molecule has 0 saturated carbocycles. The first-order chi connectivity index (χ1) is 9.17. The minimum Gasteiger partial charge on any atom is -0.344 e. The summed E-state index contributed by atoms with van der Waals surface area (Å²) < 4.78 is 13.7. The molecule has 0 fully saturated rings. The van der Waals surface area contributed by atoms with Gasteiger partial charge in [-0.05, 0) is 36.4 Å². The minimum absolute atomic E-state index is 0.114. The van der Waals surface area contributed by atoms with Crippen LogP contribution in [0.15, 0.2) is 42.5 Å². The summed E-state index contributed by atoms with van der Waals surface area (Å²) in [5.74, 6) is -0.198. The maximum Gasteiger partial charge on any atom is 0.129 e. The van der Waals surface area contributed by atoms with Crippen molar-refractivity contribution in [3.63, 3.8) is 0 Å². The lowest BCUT2D eigenvalue weighted by atomic mass is 10.1. The van der Waals surface area contributed by atoms with E-state index < -0.39 is 0 Å². The third-order valence-corrected chi connectivity index (χ3v) is 3.24. The Morgan fingerprint density at radius 2 is 1.89 bits per heavy atom. The first-order valence-electron chi connectivity index (χ1n) is 5.74. The molecule has 0 N–H and O–H groups in total. The standard InChI is InChI=1S/C15H12ClFN2/c1-19(12-7-5-11(10-18)6-8-12)15-4-2-3-14(17)13(15)9-16/h2-8H,9H2,1H3. The van der Waals surface area contributed by atoms with Crippen LogP contribution in [-0.2, 0) is 5.88 Å². The van der Waals surface area contributed by atoms with Crippen LogP contribution in [0.25, 0.3) is 0 Å². The van der Waals surface area contributed by atoms with E-state index in [-0.39, 0.29) is 11.7 Å². The fourth-order valence-corrected chi connectivity index (χ4v) is 2.16. The molecule has 2 nitrogen and oxygen atoms in total. The highest BCUT2D eigenvalue weighted by Gasteiger charge is 2.12. The molecule has 0 aliphatic heterocycles. The molecule has 0 aromatic heterocycles. The number of benzene rings is 2. The summed E-state index contributed by atoms with van der Waals surface area (Å²) in [6.07, 6.45) is 0. The molecule has 0 heterocycles. The molecule has 0 unspecified atom stereocenters. The third kappa shape index (κ3) is 2.69. The Kier molecular flexibility index (Phi) is 4.03. The largest absolute Gasteiger partial charge is 0.344 e. The van der Waals surface area contributed by atoms with Gasteiger partial charge in [-0.25, -0.2) is 4.39 Å². The van der Waals surface area contributed by atoms with Crippen molar-refractivity contribution in [2.24, 2.45) is 0 Å². The van der Waals surface area contributed by atoms with Crippen molar-refractivity contribution >= 4 is 23.0 Å².